The van der Waals surface area contributed by atoms with Crippen molar-refractivity contribution >= 4 is 5.78 Å². The predicted octanol–water partition coefficient (Wildman–Crippen LogP) is 1.42. The maximum Gasteiger partial charge on any atom is 0.0337 e. The van der Waals surface area contributed by atoms with Crippen LogP contribution in [0.25, 0.3) is 0 Å². The molecule has 0 aromatic heterocycles. The Hall–Kier alpha value is 1.24. The quantitative estimate of drug-likeness (QED) is 0.478. The number of hydrogen-bond donors (Lipinski definition) is 0. The van der Waals surface area contributed by atoms with Gasteiger partial charge in [0, 0.05) is 76.2 Å². The summed E-state index contributed by atoms with van der Waals surface area (Å²) in [5.41, 5.74) is 0.734. The minimum atomic E-state index is -0.146. The first-order valence-corrected chi connectivity index (χ1v) is 3.00. The molecule has 1 rings (SSSR count). The summed E-state index contributed by atoms with van der Waals surface area (Å²) in [4.78, 5) is 10.5. The van der Waals surface area contributed by atoms with Crippen molar-refractivity contribution in [3.05, 3.63) is 42.8 Å². The molecule has 0 saturated heterocycles. The third-order valence-electron chi connectivity index (χ3n) is 1.09. The van der Waals surface area contributed by atoms with E-state index in [1.165, 1.54) is 0 Å². The van der Waals surface area contributed by atoms with Gasteiger partial charge in [-0.3, -0.25) is 0 Å². The molecule has 0 bridgehead atoms. The molecule has 0 aliphatic carbocycles. The van der Waals surface area contributed by atoms with Crippen molar-refractivity contribution in [2.75, 3.05) is 0 Å². The van der Waals surface area contributed by atoms with E-state index in [4.69, 9.17) is 1.37 Å². The Morgan fingerprint density at radius 1 is 1.62 bits per heavy atom. The van der Waals surface area contributed by atoms with Gasteiger partial charge >= 0.3 is 0 Å². The van der Waals surface area contributed by atoms with Crippen LogP contribution >= 0.6 is 0 Å². The van der Waals surface area contributed by atoms with Gasteiger partial charge in [-0.25, -0.2) is 0 Å². The van der Waals surface area contributed by atoms with Crippen molar-refractivity contribution in [3.8, 4) is 0 Å². The molecule has 4 heteroatoms. The number of rotatable bonds is 2. The first-order chi connectivity index (χ1) is 5.18. The van der Waals surface area contributed by atoms with E-state index >= 15 is 0 Å². The van der Waals surface area contributed by atoms with Gasteiger partial charge in [-0.05, 0) is 12.2 Å². The molecule has 0 aliphatic rings. The number of carbonyl (C=O) groups is 1. The molecule has 0 atom stereocenters. The zero-order valence-electron chi connectivity index (χ0n) is 7.95. The number of benzene rings is 1. The van der Waals surface area contributed by atoms with Gasteiger partial charge in [0.2, 0.25) is 0 Å². The minimum absolute atomic E-state index is 0. The van der Waals surface area contributed by atoms with E-state index in [2.05, 4.69) is 13.0 Å². The van der Waals surface area contributed by atoms with E-state index in [1.807, 2.05) is 0 Å². The second kappa shape index (κ2) is 11.3. The van der Waals surface area contributed by atoms with Gasteiger partial charge in [-0.2, -0.15) is 35.9 Å². The van der Waals surface area contributed by atoms with E-state index in [0.29, 0.717) is 6.04 Å². The number of hydrogen-bond acceptors (Lipinski definition) is 1. The zero-order valence-corrected chi connectivity index (χ0v) is 15.7. The van der Waals surface area contributed by atoms with Crippen molar-refractivity contribution in [1.29, 1.82) is 0 Å². The van der Waals surface area contributed by atoms with Crippen molar-refractivity contribution in [3.63, 3.8) is 0 Å². The molecule has 0 N–H and O–H groups in total. The Kier molecular flexibility index (Phi) is 14.5. The topological polar surface area (TPSA) is 17.1 Å². The van der Waals surface area contributed by atoms with Gasteiger partial charge in [-0.1, -0.05) is 0 Å². The molecule has 0 spiro atoms. The summed E-state index contributed by atoms with van der Waals surface area (Å²) in [5, 5.41) is 0. The van der Waals surface area contributed by atoms with Crippen LogP contribution < -0.4 is 0 Å². The Bertz CT molecular complexity index is 281. The standard InChI is InChI=1S/C9H8O.2W.Y/c1-8(10)7-9-5-3-2-4-6-9;;;/h2-5H,1,7H2;;;/q-2;;;/i3D;;;. The summed E-state index contributed by atoms with van der Waals surface area (Å²) in [5.74, 6) is -0.146. The van der Waals surface area contributed by atoms with Crippen LogP contribution in [0.4, 0.5) is 0 Å². The van der Waals surface area contributed by atoms with Crippen molar-refractivity contribution in [2.45, 2.75) is 6.42 Å². The molecule has 0 saturated carbocycles. The second-order valence-corrected chi connectivity index (χ2v) is 2.03. The third-order valence-corrected chi connectivity index (χ3v) is 1.09. The molecule has 1 nitrogen and oxygen atoms in total. The van der Waals surface area contributed by atoms with Crippen LogP contribution in [0.1, 0.15) is 6.93 Å². The molecule has 0 fully saturated rings. The maximum atomic E-state index is 10.5. The molecule has 13 heavy (non-hydrogen) atoms. The molecule has 1 aromatic carbocycles. The molecule has 1 aromatic rings. The predicted molar refractivity (Wildman–Crippen MR) is 39.3 cm³/mol. The molecule has 0 amide bonds. The largest absolute Gasteiger partial charge is 0.339 e. The second-order valence-electron chi connectivity index (χ2n) is 2.03. The van der Waals surface area contributed by atoms with Crippen LogP contribution in [0, 0.1) is 13.0 Å². The SMILES string of the molecule is [2H]c1cc[c-]c(CC([CH2-])=O)c1.[W].[W].[Y]. The summed E-state index contributed by atoms with van der Waals surface area (Å²) >= 11 is 0. The summed E-state index contributed by atoms with van der Waals surface area (Å²) in [6.07, 6.45) is 0.271. The number of Topliss-reactive ketones (excluding diaryl/α,β-unsaturated/α-hetero) is 1. The molecular weight excluding hydrogens is 581 g/mol. The van der Waals surface area contributed by atoms with Gasteiger partial charge < -0.3 is 11.7 Å². The van der Waals surface area contributed by atoms with Crippen molar-refractivity contribution in [1.82, 2.24) is 0 Å². The van der Waals surface area contributed by atoms with E-state index < -0.39 is 0 Å². The Morgan fingerprint density at radius 2 is 2.23 bits per heavy atom. The van der Waals surface area contributed by atoms with Gasteiger partial charge in [0.15, 0.2) is 0 Å². The van der Waals surface area contributed by atoms with E-state index in [-0.39, 0.29) is 87.0 Å². The van der Waals surface area contributed by atoms with E-state index in [1.54, 1.807) is 18.2 Å². The van der Waals surface area contributed by atoms with E-state index in [9.17, 15) is 4.79 Å². The average Bonchev–Trinajstić information content (AvgIpc) is 1.85. The zero-order chi connectivity index (χ0) is 8.27. The first-order valence-electron chi connectivity index (χ1n) is 3.50. The van der Waals surface area contributed by atoms with Crippen LogP contribution in [0.2, 0.25) is 0 Å². The molecular formula is C9H8OW2Y-2. The molecule has 1 radical (unpaired) electrons. The third kappa shape index (κ3) is 9.54. The summed E-state index contributed by atoms with van der Waals surface area (Å²) in [6.45, 7) is 3.24. The van der Waals surface area contributed by atoms with Crippen LogP contribution in [0.3, 0.4) is 0 Å². The van der Waals surface area contributed by atoms with Gasteiger partial charge in [0.1, 0.15) is 0 Å². The smallest absolute Gasteiger partial charge is 0.0337 e. The first kappa shape index (κ1) is 16.7. The summed E-state index contributed by atoms with van der Waals surface area (Å²) in [7, 11) is 0. The van der Waals surface area contributed by atoms with Crippen LogP contribution in [-0.4, -0.2) is 5.78 Å². The average molecular weight is 590 g/mol. The minimum Gasteiger partial charge on any atom is -0.339 e. The number of ketones is 1. The molecule has 67 valence electrons. The fraction of sp³-hybridized carbons (Fsp3) is 0.111. The fourth-order valence-electron chi connectivity index (χ4n) is 0.702. The monoisotopic (exact) mass is 590 g/mol. The van der Waals surface area contributed by atoms with Crippen LogP contribution in [0.15, 0.2) is 24.2 Å². The maximum absolute atomic E-state index is 10.5. The van der Waals surface area contributed by atoms with Gasteiger partial charge in [-0.15, -0.1) is 0 Å². The van der Waals surface area contributed by atoms with Crippen LogP contribution in [0.5, 0.6) is 0 Å². The summed E-state index contributed by atoms with van der Waals surface area (Å²) in [6, 6.07) is 8.14. The van der Waals surface area contributed by atoms with Crippen molar-refractivity contribution < 1.29 is 81.0 Å². The number of carbonyl (C=O) groups excluding carboxylic acids is 1. The normalized spacial score (nSPS) is 8.15. The Morgan fingerprint density at radius 3 is 2.69 bits per heavy atom. The van der Waals surface area contributed by atoms with Crippen molar-refractivity contribution in [2.24, 2.45) is 0 Å². The van der Waals surface area contributed by atoms with Gasteiger partial charge in [0.05, 0.1) is 0 Å². The summed E-state index contributed by atoms with van der Waals surface area (Å²) < 4.78 is 7.23. The van der Waals surface area contributed by atoms with Gasteiger partial charge in [0.25, 0.3) is 0 Å². The molecule has 0 aliphatic heterocycles. The molecule has 0 heterocycles. The fourth-order valence-corrected chi connectivity index (χ4v) is 0.702. The molecule has 0 unspecified atom stereocenters. The van der Waals surface area contributed by atoms with Crippen LogP contribution in [-0.2, 0) is 86.1 Å². The Balaban J connectivity index is -0.000000403. The van der Waals surface area contributed by atoms with E-state index in [0.717, 1.165) is 5.56 Å². The Labute approximate surface area is 134 Å².